The Morgan fingerprint density at radius 1 is 1.22 bits per heavy atom. The predicted molar refractivity (Wildman–Crippen MR) is 102 cm³/mol. The Kier molecular flexibility index (Phi) is 4.28. The van der Waals surface area contributed by atoms with Gasteiger partial charge in [-0.2, -0.15) is 0 Å². The summed E-state index contributed by atoms with van der Waals surface area (Å²) in [5.74, 6) is 0.681. The molecule has 4 heteroatoms. The first-order valence-corrected chi connectivity index (χ1v) is 10.1. The lowest BCUT2D eigenvalue weighted by Crippen LogP contribution is -2.44. The highest BCUT2D eigenvalue weighted by atomic mass is 16.5. The lowest BCUT2D eigenvalue weighted by molar-refractivity contribution is -0.145. The van der Waals surface area contributed by atoms with Gasteiger partial charge in [0.2, 0.25) is 0 Å². The van der Waals surface area contributed by atoms with Crippen molar-refractivity contribution in [3.05, 3.63) is 34.9 Å². The Morgan fingerprint density at radius 2 is 2.00 bits per heavy atom. The smallest absolute Gasteiger partial charge is 0.303 e. The van der Waals surface area contributed by atoms with E-state index in [1.54, 1.807) is 0 Å². The number of Topliss-reactive ketones (excluding diaryl/α,β-unsaturated/α-hetero) is 1. The first-order valence-electron chi connectivity index (χ1n) is 10.1. The normalized spacial score (nSPS) is 37.3. The number of allylic oxidation sites excluding steroid dienone is 5. The van der Waals surface area contributed by atoms with E-state index in [0.29, 0.717) is 18.3 Å². The van der Waals surface area contributed by atoms with Crippen molar-refractivity contribution in [3.8, 4) is 0 Å². The quantitative estimate of drug-likeness (QED) is 0.556. The van der Waals surface area contributed by atoms with Crippen LogP contribution in [0.1, 0.15) is 59.3 Å². The molecule has 0 N–H and O–H groups in total. The Morgan fingerprint density at radius 3 is 2.74 bits per heavy atom. The van der Waals surface area contributed by atoms with E-state index < -0.39 is 5.97 Å². The number of rotatable bonds is 3. The summed E-state index contributed by atoms with van der Waals surface area (Å²) in [6, 6.07) is 0. The molecular formula is C23H28O4. The summed E-state index contributed by atoms with van der Waals surface area (Å²) in [6.07, 6.45) is 11.7. The average molecular weight is 368 g/mol. The fourth-order valence-electron chi connectivity index (χ4n) is 6.11. The van der Waals surface area contributed by atoms with Crippen LogP contribution >= 0.6 is 0 Å². The van der Waals surface area contributed by atoms with Gasteiger partial charge < -0.3 is 4.74 Å². The van der Waals surface area contributed by atoms with Gasteiger partial charge in [0.1, 0.15) is 0 Å². The fraction of sp³-hybridized carbons (Fsp3) is 0.609. The molecule has 0 heterocycles. The third-order valence-electron chi connectivity index (χ3n) is 7.62. The zero-order valence-electron chi connectivity index (χ0n) is 16.5. The highest BCUT2D eigenvalue weighted by Gasteiger charge is 2.54. The Hall–Kier alpha value is -1.97. The number of carbonyl (C=O) groups is 3. The average Bonchev–Trinajstić information content (AvgIpc) is 2.97. The van der Waals surface area contributed by atoms with E-state index in [-0.39, 0.29) is 29.0 Å². The van der Waals surface area contributed by atoms with Crippen LogP contribution in [-0.2, 0) is 19.1 Å². The van der Waals surface area contributed by atoms with E-state index in [4.69, 9.17) is 4.74 Å². The van der Waals surface area contributed by atoms with E-state index in [1.807, 2.05) is 6.08 Å². The molecule has 0 aromatic heterocycles. The summed E-state index contributed by atoms with van der Waals surface area (Å²) in [6.45, 7) is 5.69. The van der Waals surface area contributed by atoms with Crippen LogP contribution in [0.25, 0.3) is 0 Å². The first kappa shape index (κ1) is 18.4. The predicted octanol–water partition coefficient (Wildman–Crippen LogP) is 4.11. The topological polar surface area (TPSA) is 60.4 Å². The summed E-state index contributed by atoms with van der Waals surface area (Å²) < 4.78 is 4.96. The third kappa shape index (κ3) is 2.76. The molecule has 4 rings (SSSR count). The van der Waals surface area contributed by atoms with Gasteiger partial charge >= 0.3 is 5.97 Å². The lowest BCUT2D eigenvalue weighted by atomic mass is 9.51. The molecule has 4 atom stereocenters. The van der Waals surface area contributed by atoms with E-state index in [9.17, 15) is 14.4 Å². The summed E-state index contributed by atoms with van der Waals surface area (Å²) in [5.41, 5.74) is 3.49. The van der Waals surface area contributed by atoms with Gasteiger partial charge in [0.15, 0.2) is 18.2 Å². The van der Waals surface area contributed by atoms with Crippen molar-refractivity contribution in [1.29, 1.82) is 0 Å². The molecule has 1 saturated carbocycles. The van der Waals surface area contributed by atoms with Crippen molar-refractivity contribution in [3.63, 3.8) is 0 Å². The molecule has 0 saturated heterocycles. The van der Waals surface area contributed by atoms with Crippen LogP contribution < -0.4 is 0 Å². The minimum absolute atomic E-state index is 0.0165. The molecule has 0 aromatic carbocycles. The number of fused-ring (bicyclic) bond motifs is 5. The van der Waals surface area contributed by atoms with Gasteiger partial charge in [-0.05, 0) is 50.0 Å². The van der Waals surface area contributed by atoms with E-state index in [0.717, 1.165) is 37.7 Å². The van der Waals surface area contributed by atoms with Gasteiger partial charge in [-0.3, -0.25) is 14.4 Å². The summed E-state index contributed by atoms with van der Waals surface area (Å²) >= 11 is 0. The molecule has 0 aromatic rings. The third-order valence-corrected chi connectivity index (χ3v) is 7.62. The van der Waals surface area contributed by atoms with E-state index >= 15 is 0 Å². The molecule has 4 aliphatic carbocycles. The van der Waals surface area contributed by atoms with Gasteiger partial charge in [-0.1, -0.05) is 37.1 Å². The number of hydrogen-bond acceptors (Lipinski definition) is 4. The SMILES string of the molecule is CC(=O)OCC(=O)C1=CC[C@@H]2[C@@H]3CCC4=CC(=O)CC[C@]4(C)C3=CC[C@]12C. The molecule has 4 aliphatic rings. The summed E-state index contributed by atoms with van der Waals surface area (Å²) in [4.78, 5) is 35.7. The number of ketones is 2. The maximum absolute atomic E-state index is 12.7. The van der Waals surface area contributed by atoms with E-state index in [2.05, 4.69) is 26.0 Å². The van der Waals surface area contributed by atoms with Crippen LogP contribution in [0, 0.1) is 22.7 Å². The molecule has 27 heavy (non-hydrogen) atoms. The molecular weight excluding hydrogens is 340 g/mol. The van der Waals surface area contributed by atoms with Crippen LogP contribution in [0.15, 0.2) is 34.9 Å². The monoisotopic (exact) mass is 368 g/mol. The Labute approximate surface area is 160 Å². The first-order chi connectivity index (χ1) is 12.8. The highest BCUT2D eigenvalue weighted by molar-refractivity contribution is 5.99. The van der Waals surface area contributed by atoms with Crippen molar-refractivity contribution in [2.75, 3.05) is 6.61 Å². The standard InChI is InChI=1S/C23H28O4/c1-14(24)27-13-21(26)20-7-6-18-17-5-4-15-12-16(25)8-10-22(15,2)19(17)9-11-23(18,20)3/h7,9,12,17-18H,4-6,8,10-11,13H2,1-3H3/t17-,18+,22-,23-/m0/s1. The molecule has 0 bridgehead atoms. The second-order valence-corrected chi connectivity index (χ2v) is 9.06. The lowest BCUT2D eigenvalue weighted by Gasteiger charge is -2.53. The zero-order chi connectivity index (χ0) is 19.4. The molecule has 4 nitrogen and oxygen atoms in total. The second kappa shape index (κ2) is 6.29. The van der Waals surface area contributed by atoms with Crippen LogP contribution in [0.5, 0.6) is 0 Å². The second-order valence-electron chi connectivity index (χ2n) is 9.06. The zero-order valence-corrected chi connectivity index (χ0v) is 16.5. The van der Waals surface area contributed by atoms with Crippen molar-refractivity contribution in [2.24, 2.45) is 22.7 Å². The molecule has 0 unspecified atom stereocenters. The molecule has 1 fully saturated rings. The maximum atomic E-state index is 12.7. The summed E-state index contributed by atoms with van der Waals surface area (Å²) in [7, 11) is 0. The van der Waals surface area contributed by atoms with Crippen LogP contribution in [0.2, 0.25) is 0 Å². The number of carbonyl (C=O) groups excluding carboxylic acids is 3. The molecule has 144 valence electrons. The van der Waals surface area contributed by atoms with Gasteiger partial charge in [-0.25, -0.2) is 0 Å². The molecule has 0 aliphatic heterocycles. The fourth-order valence-corrected chi connectivity index (χ4v) is 6.11. The van der Waals surface area contributed by atoms with Gasteiger partial charge in [0.05, 0.1) is 0 Å². The number of ether oxygens (including phenoxy) is 1. The number of esters is 1. The van der Waals surface area contributed by atoms with Crippen molar-refractivity contribution < 1.29 is 19.1 Å². The highest BCUT2D eigenvalue weighted by Crippen LogP contribution is 2.63. The van der Waals surface area contributed by atoms with Gasteiger partial charge in [0, 0.05) is 29.7 Å². The maximum Gasteiger partial charge on any atom is 0.303 e. The minimum atomic E-state index is -0.416. The van der Waals surface area contributed by atoms with Crippen molar-refractivity contribution >= 4 is 17.5 Å². The van der Waals surface area contributed by atoms with Crippen LogP contribution in [0.4, 0.5) is 0 Å². The van der Waals surface area contributed by atoms with Gasteiger partial charge in [-0.15, -0.1) is 0 Å². The molecule has 0 spiro atoms. The van der Waals surface area contributed by atoms with Crippen molar-refractivity contribution in [2.45, 2.75) is 59.3 Å². The Balaban J connectivity index is 1.62. The Bertz CT molecular complexity index is 814. The van der Waals surface area contributed by atoms with Crippen molar-refractivity contribution in [1.82, 2.24) is 0 Å². The van der Waals surface area contributed by atoms with E-state index in [1.165, 1.54) is 18.1 Å². The largest absolute Gasteiger partial charge is 0.457 e. The molecule has 0 radical (unpaired) electrons. The van der Waals surface area contributed by atoms with Crippen LogP contribution in [-0.4, -0.2) is 24.1 Å². The van der Waals surface area contributed by atoms with Crippen LogP contribution in [0.3, 0.4) is 0 Å². The number of hydrogen-bond donors (Lipinski definition) is 0. The molecule has 0 amide bonds. The minimum Gasteiger partial charge on any atom is -0.457 e. The van der Waals surface area contributed by atoms with Gasteiger partial charge in [0.25, 0.3) is 0 Å². The summed E-state index contributed by atoms with van der Waals surface area (Å²) in [5, 5.41) is 0.